The van der Waals surface area contributed by atoms with E-state index in [2.05, 4.69) is 0 Å². The zero-order valence-electron chi connectivity index (χ0n) is 11.5. The minimum atomic E-state index is -0.419. The summed E-state index contributed by atoms with van der Waals surface area (Å²) in [7, 11) is 1.34. The molecule has 0 aliphatic heterocycles. The second-order valence-corrected chi connectivity index (χ2v) is 4.79. The highest BCUT2D eigenvalue weighted by Crippen LogP contribution is 2.32. The van der Waals surface area contributed by atoms with E-state index in [1.165, 1.54) is 13.2 Å². The number of benzene rings is 3. The maximum Gasteiger partial charge on any atom is 0.337 e. The molecule has 0 amide bonds. The maximum atomic E-state index is 11.6. The molecule has 0 aromatic heterocycles. The summed E-state index contributed by atoms with van der Waals surface area (Å²) < 4.78 is 4.72. The number of fused-ring (bicyclic) bond motifs is 1. The number of esters is 1. The summed E-state index contributed by atoms with van der Waals surface area (Å²) in [5, 5.41) is 12.3. The van der Waals surface area contributed by atoms with Gasteiger partial charge in [0.2, 0.25) is 0 Å². The van der Waals surface area contributed by atoms with Gasteiger partial charge >= 0.3 is 5.97 Å². The van der Waals surface area contributed by atoms with E-state index < -0.39 is 5.97 Å². The quantitative estimate of drug-likeness (QED) is 0.721. The standard InChI is InChI=1S/C18H14O3/c1-21-18(20)15-8-9-17(19)16(11-15)14-7-6-12-4-2-3-5-13(12)10-14/h2-11,19H,1H3. The number of hydrogen-bond donors (Lipinski definition) is 1. The maximum absolute atomic E-state index is 11.6. The van der Waals surface area contributed by atoms with Crippen molar-refractivity contribution < 1.29 is 14.6 Å². The Morgan fingerprint density at radius 3 is 2.48 bits per heavy atom. The van der Waals surface area contributed by atoms with Gasteiger partial charge in [-0.3, -0.25) is 0 Å². The number of ether oxygens (including phenoxy) is 1. The molecule has 1 N–H and O–H groups in total. The van der Waals surface area contributed by atoms with Crippen LogP contribution in [-0.4, -0.2) is 18.2 Å². The molecule has 0 bridgehead atoms. The van der Waals surface area contributed by atoms with Crippen molar-refractivity contribution in [2.24, 2.45) is 0 Å². The van der Waals surface area contributed by atoms with Crippen molar-refractivity contribution in [2.75, 3.05) is 7.11 Å². The highest BCUT2D eigenvalue weighted by molar-refractivity contribution is 5.93. The van der Waals surface area contributed by atoms with Crippen LogP contribution in [0.15, 0.2) is 60.7 Å². The molecule has 3 rings (SSSR count). The number of hydrogen-bond acceptors (Lipinski definition) is 3. The van der Waals surface area contributed by atoms with Gasteiger partial charge < -0.3 is 9.84 Å². The van der Waals surface area contributed by atoms with Gasteiger partial charge in [-0.15, -0.1) is 0 Å². The molecule has 0 fully saturated rings. The molecule has 0 unspecified atom stereocenters. The summed E-state index contributed by atoms with van der Waals surface area (Å²) in [6.07, 6.45) is 0. The second-order valence-electron chi connectivity index (χ2n) is 4.79. The van der Waals surface area contributed by atoms with Gasteiger partial charge in [0.05, 0.1) is 12.7 Å². The van der Waals surface area contributed by atoms with Crippen LogP contribution in [0, 0.1) is 0 Å². The SMILES string of the molecule is COC(=O)c1ccc(O)c(-c2ccc3ccccc3c2)c1. The van der Waals surface area contributed by atoms with Crippen LogP contribution in [0.3, 0.4) is 0 Å². The van der Waals surface area contributed by atoms with Crippen molar-refractivity contribution in [3.05, 3.63) is 66.2 Å². The lowest BCUT2D eigenvalue weighted by Crippen LogP contribution is -2.00. The predicted molar refractivity (Wildman–Crippen MR) is 82.4 cm³/mol. The Balaban J connectivity index is 2.15. The first-order chi connectivity index (χ1) is 10.2. The van der Waals surface area contributed by atoms with Crippen LogP contribution < -0.4 is 0 Å². The van der Waals surface area contributed by atoms with E-state index in [1.54, 1.807) is 12.1 Å². The molecule has 3 heteroatoms. The number of rotatable bonds is 2. The Kier molecular flexibility index (Phi) is 3.32. The molecule has 0 saturated carbocycles. The first-order valence-electron chi connectivity index (χ1n) is 6.59. The summed E-state index contributed by atoms with van der Waals surface area (Å²) in [6, 6.07) is 18.6. The fourth-order valence-corrected chi connectivity index (χ4v) is 2.37. The molecule has 0 aliphatic carbocycles. The number of phenols is 1. The van der Waals surface area contributed by atoms with Gasteiger partial charge in [-0.05, 0) is 40.6 Å². The van der Waals surface area contributed by atoms with Crippen molar-refractivity contribution in [1.29, 1.82) is 0 Å². The molecule has 3 aromatic carbocycles. The molecule has 0 radical (unpaired) electrons. The van der Waals surface area contributed by atoms with E-state index in [4.69, 9.17) is 4.74 Å². The van der Waals surface area contributed by atoms with Gasteiger partial charge in [0.1, 0.15) is 5.75 Å². The second kappa shape index (κ2) is 5.29. The lowest BCUT2D eigenvalue weighted by molar-refractivity contribution is 0.0601. The number of aromatic hydroxyl groups is 1. The third-order valence-corrected chi connectivity index (χ3v) is 3.48. The van der Waals surface area contributed by atoms with Crippen molar-refractivity contribution in [3.63, 3.8) is 0 Å². The van der Waals surface area contributed by atoms with E-state index in [-0.39, 0.29) is 5.75 Å². The Hall–Kier alpha value is -2.81. The Morgan fingerprint density at radius 2 is 1.71 bits per heavy atom. The number of phenolic OH excluding ortho intramolecular Hbond substituents is 1. The van der Waals surface area contributed by atoms with Crippen molar-refractivity contribution >= 4 is 16.7 Å². The first kappa shape index (κ1) is 13.2. The molecule has 0 saturated heterocycles. The minimum absolute atomic E-state index is 0.137. The summed E-state index contributed by atoms with van der Waals surface area (Å²) in [5.41, 5.74) is 1.89. The van der Waals surface area contributed by atoms with Gasteiger partial charge in [-0.25, -0.2) is 4.79 Å². The van der Waals surface area contributed by atoms with Gasteiger partial charge in [0.25, 0.3) is 0 Å². The fourth-order valence-electron chi connectivity index (χ4n) is 2.37. The average molecular weight is 278 g/mol. The van der Waals surface area contributed by atoms with E-state index in [9.17, 15) is 9.90 Å². The third kappa shape index (κ3) is 2.46. The van der Waals surface area contributed by atoms with Gasteiger partial charge in [-0.1, -0.05) is 36.4 Å². The summed E-state index contributed by atoms with van der Waals surface area (Å²) in [4.78, 5) is 11.6. The number of methoxy groups -OCH3 is 1. The normalized spacial score (nSPS) is 10.5. The van der Waals surface area contributed by atoms with E-state index in [0.29, 0.717) is 11.1 Å². The fraction of sp³-hybridized carbons (Fsp3) is 0.0556. The monoisotopic (exact) mass is 278 g/mol. The summed E-state index contributed by atoms with van der Waals surface area (Å²) in [6.45, 7) is 0. The van der Waals surface area contributed by atoms with Crippen LogP contribution >= 0.6 is 0 Å². The molecule has 21 heavy (non-hydrogen) atoms. The van der Waals surface area contributed by atoms with Crippen molar-refractivity contribution in [1.82, 2.24) is 0 Å². The molecule has 104 valence electrons. The lowest BCUT2D eigenvalue weighted by Gasteiger charge is -2.08. The zero-order valence-corrected chi connectivity index (χ0v) is 11.5. The summed E-state index contributed by atoms with van der Waals surface area (Å²) in [5.74, 6) is -0.282. The minimum Gasteiger partial charge on any atom is -0.507 e. The summed E-state index contributed by atoms with van der Waals surface area (Å²) >= 11 is 0. The topological polar surface area (TPSA) is 46.5 Å². The van der Waals surface area contributed by atoms with Crippen molar-refractivity contribution in [2.45, 2.75) is 0 Å². The van der Waals surface area contributed by atoms with Crippen molar-refractivity contribution in [3.8, 4) is 16.9 Å². The zero-order chi connectivity index (χ0) is 14.8. The average Bonchev–Trinajstić information content (AvgIpc) is 2.54. The van der Waals surface area contributed by atoms with E-state index in [0.717, 1.165) is 16.3 Å². The molecular formula is C18H14O3. The molecule has 3 nitrogen and oxygen atoms in total. The Bertz CT molecular complexity index is 822. The van der Waals surface area contributed by atoms with Crippen LogP contribution in [0.4, 0.5) is 0 Å². The van der Waals surface area contributed by atoms with Crippen LogP contribution in [0.1, 0.15) is 10.4 Å². The Labute approximate surface area is 122 Å². The van der Waals surface area contributed by atoms with Crippen LogP contribution in [0.25, 0.3) is 21.9 Å². The molecular weight excluding hydrogens is 264 g/mol. The Morgan fingerprint density at radius 1 is 0.952 bits per heavy atom. The lowest BCUT2D eigenvalue weighted by atomic mass is 9.99. The third-order valence-electron chi connectivity index (χ3n) is 3.48. The number of carbonyl (C=O) groups excluding carboxylic acids is 1. The van der Waals surface area contributed by atoms with Crippen LogP contribution in [-0.2, 0) is 4.74 Å². The van der Waals surface area contributed by atoms with Gasteiger partial charge in [0, 0.05) is 5.56 Å². The highest BCUT2D eigenvalue weighted by atomic mass is 16.5. The van der Waals surface area contributed by atoms with E-state index >= 15 is 0 Å². The molecule has 3 aromatic rings. The molecule has 0 heterocycles. The largest absolute Gasteiger partial charge is 0.507 e. The number of carbonyl (C=O) groups is 1. The van der Waals surface area contributed by atoms with Crippen LogP contribution in [0.2, 0.25) is 0 Å². The highest BCUT2D eigenvalue weighted by Gasteiger charge is 2.11. The van der Waals surface area contributed by atoms with Gasteiger partial charge in [0.15, 0.2) is 0 Å². The first-order valence-corrected chi connectivity index (χ1v) is 6.59. The molecule has 0 spiro atoms. The van der Waals surface area contributed by atoms with E-state index in [1.807, 2.05) is 42.5 Å². The van der Waals surface area contributed by atoms with Gasteiger partial charge in [-0.2, -0.15) is 0 Å². The smallest absolute Gasteiger partial charge is 0.337 e. The van der Waals surface area contributed by atoms with Crippen LogP contribution in [0.5, 0.6) is 5.75 Å². The molecule has 0 atom stereocenters. The predicted octanol–water partition coefficient (Wildman–Crippen LogP) is 4.00. The molecule has 0 aliphatic rings.